The van der Waals surface area contributed by atoms with E-state index in [9.17, 15) is 9.18 Å². The van der Waals surface area contributed by atoms with Crippen LogP contribution in [-0.4, -0.2) is 82.5 Å². The van der Waals surface area contributed by atoms with Crippen LogP contribution in [0.3, 0.4) is 0 Å². The Morgan fingerprint density at radius 2 is 2.02 bits per heavy atom. The van der Waals surface area contributed by atoms with E-state index in [0.29, 0.717) is 48.4 Å². The number of anilines is 1. The topological polar surface area (TPSA) is 104 Å². The molecular weight excluding hydrogens is 591 g/mol. The molecule has 3 aromatic heterocycles. The fourth-order valence-electron chi connectivity index (χ4n) is 5.89. The molecule has 0 N–H and O–H groups in total. The number of piperazine rings is 1. The van der Waals surface area contributed by atoms with Crippen LogP contribution in [0.15, 0.2) is 42.5 Å². The summed E-state index contributed by atoms with van der Waals surface area (Å²) in [6.45, 7) is 5.28. The highest BCUT2D eigenvalue weighted by molar-refractivity contribution is 6.30. The fraction of sp³-hybridized carbons (Fsp3) is 0.419. The van der Waals surface area contributed by atoms with Crippen molar-refractivity contribution in [1.29, 1.82) is 0 Å². The minimum atomic E-state index is -0.481. The molecule has 44 heavy (non-hydrogen) atoms. The van der Waals surface area contributed by atoms with E-state index in [1.807, 2.05) is 12.1 Å². The lowest BCUT2D eigenvalue weighted by Crippen LogP contribution is -2.54. The number of benzene rings is 1. The van der Waals surface area contributed by atoms with Crippen LogP contribution in [0.1, 0.15) is 33.9 Å². The molecule has 1 aromatic carbocycles. The number of carbonyl (C=O) groups excluding carboxylic acids is 1. The van der Waals surface area contributed by atoms with Crippen LogP contribution in [-0.2, 0) is 40.5 Å². The Morgan fingerprint density at radius 3 is 2.82 bits per heavy atom. The molecule has 0 aliphatic carbocycles. The van der Waals surface area contributed by atoms with Crippen molar-refractivity contribution < 1.29 is 28.1 Å². The van der Waals surface area contributed by atoms with Crippen molar-refractivity contribution >= 4 is 34.6 Å². The molecule has 6 heterocycles. The zero-order chi connectivity index (χ0) is 30.2. The van der Waals surface area contributed by atoms with Crippen LogP contribution in [0.4, 0.5) is 10.2 Å². The molecule has 2 fully saturated rings. The summed E-state index contributed by atoms with van der Waals surface area (Å²) in [5, 5.41) is 0.341. The average molecular weight is 623 g/mol. The van der Waals surface area contributed by atoms with E-state index in [0.717, 1.165) is 55.4 Å². The molecule has 0 spiro atoms. The molecule has 2 saturated heterocycles. The lowest BCUT2D eigenvalue weighted by atomic mass is 10.1. The Bertz CT molecular complexity index is 1700. The minimum Gasteiger partial charge on any atom is -0.473 e. The summed E-state index contributed by atoms with van der Waals surface area (Å²) < 4.78 is 38.9. The maximum atomic E-state index is 14.3. The molecule has 230 valence electrons. The van der Waals surface area contributed by atoms with Crippen molar-refractivity contribution in [3.63, 3.8) is 0 Å². The summed E-state index contributed by atoms with van der Waals surface area (Å²) >= 11 is 5.88. The predicted molar refractivity (Wildman–Crippen MR) is 159 cm³/mol. The smallest absolute Gasteiger partial charge is 0.356 e. The van der Waals surface area contributed by atoms with Gasteiger partial charge in [0.2, 0.25) is 5.88 Å². The number of halogens is 2. The Hall–Kier alpha value is -3.84. The molecule has 0 bridgehead atoms. The molecule has 0 saturated carbocycles. The van der Waals surface area contributed by atoms with E-state index >= 15 is 0 Å². The van der Waals surface area contributed by atoms with Gasteiger partial charge in [-0.3, -0.25) is 4.90 Å². The van der Waals surface area contributed by atoms with Crippen LogP contribution in [0.5, 0.6) is 5.88 Å². The number of fused-ring (bicyclic) bond motifs is 4. The van der Waals surface area contributed by atoms with E-state index < -0.39 is 11.8 Å². The first-order valence-electron chi connectivity index (χ1n) is 14.6. The molecule has 4 aromatic rings. The van der Waals surface area contributed by atoms with Gasteiger partial charge in [-0.15, -0.1) is 0 Å². The average Bonchev–Trinajstić information content (AvgIpc) is 3.23. The normalized spacial score (nSPS) is 20.0. The molecule has 0 unspecified atom stereocenters. The number of imidazole rings is 1. The van der Waals surface area contributed by atoms with Crippen LogP contribution >= 0.6 is 11.6 Å². The van der Waals surface area contributed by atoms with Gasteiger partial charge in [-0.2, -0.15) is 4.98 Å². The second kappa shape index (κ2) is 12.3. The summed E-state index contributed by atoms with van der Waals surface area (Å²) in [4.78, 5) is 31.2. The van der Waals surface area contributed by atoms with Gasteiger partial charge in [0.05, 0.1) is 45.6 Å². The van der Waals surface area contributed by atoms with Gasteiger partial charge in [0.25, 0.3) is 0 Å². The van der Waals surface area contributed by atoms with Gasteiger partial charge >= 0.3 is 5.97 Å². The first kappa shape index (κ1) is 28.9. The third kappa shape index (κ3) is 5.82. The monoisotopic (exact) mass is 622 g/mol. The van der Waals surface area contributed by atoms with Gasteiger partial charge in [0.1, 0.15) is 29.6 Å². The molecule has 3 aliphatic heterocycles. The second-order valence-corrected chi connectivity index (χ2v) is 11.6. The number of aromatic nitrogens is 4. The van der Waals surface area contributed by atoms with Crippen molar-refractivity contribution in [2.45, 2.75) is 44.9 Å². The van der Waals surface area contributed by atoms with E-state index in [1.165, 1.54) is 13.2 Å². The molecule has 13 heteroatoms. The first-order chi connectivity index (χ1) is 21.4. The first-order valence-corrected chi connectivity index (χ1v) is 15.0. The second-order valence-electron chi connectivity index (χ2n) is 11.2. The van der Waals surface area contributed by atoms with E-state index in [4.69, 9.17) is 40.5 Å². The summed E-state index contributed by atoms with van der Waals surface area (Å²) in [6.07, 6.45) is 1.07. The van der Waals surface area contributed by atoms with Gasteiger partial charge in [0, 0.05) is 48.5 Å². The molecule has 3 aliphatic rings. The molecule has 7 rings (SSSR count). The highest BCUT2D eigenvalue weighted by atomic mass is 35.5. The van der Waals surface area contributed by atoms with Crippen LogP contribution < -0.4 is 9.64 Å². The number of hydrogen-bond donors (Lipinski definition) is 0. The van der Waals surface area contributed by atoms with Gasteiger partial charge in [-0.25, -0.2) is 19.2 Å². The van der Waals surface area contributed by atoms with Crippen molar-refractivity contribution in [2.24, 2.45) is 0 Å². The summed E-state index contributed by atoms with van der Waals surface area (Å²) in [7, 11) is 1.35. The quantitative estimate of drug-likeness (QED) is 0.268. The van der Waals surface area contributed by atoms with Gasteiger partial charge in [-0.1, -0.05) is 17.7 Å². The number of ether oxygens (including phenoxy) is 4. The minimum absolute atomic E-state index is 0.0470. The van der Waals surface area contributed by atoms with E-state index in [-0.39, 0.29) is 24.4 Å². The lowest BCUT2D eigenvalue weighted by molar-refractivity contribution is -0.0593. The standard InChI is InChI=1S/C31H32ClFN6O5/c1-41-31(40)26-6-5-25-30(35-26)39(14-23-8-11-43-23)27(34-25)15-37-9-10-38-22(13-37)18-42-16-20-3-7-28(36-29(20)38)44-17-19-2-4-21(32)12-24(19)33/h2-7,12,22-23H,8-11,13-18H2,1H3/t22-,23-/m0/s1. The number of pyridine rings is 2. The van der Waals surface area contributed by atoms with Crippen molar-refractivity contribution in [3.8, 4) is 5.88 Å². The summed E-state index contributed by atoms with van der Waals surface area (Å²) in [5.74, 6) is 1.23. The number of carbonyl (C=O) groups is 1. The third-order valence-corrected chi connectivity index (χ3v) is 8.57. The fourth-order valence-corrected chi connectivity index (χ4v) is 6.05. The van der Waals surface area contributed by atoms with Crippen LogP contribution in [0.2, 0.25) is 5.02 Å². The van der Waals surface area contributed by atoms with Gasteiger partial charge in [-0.05, 0) is 36.8 Å². The Morgan fingerprint density at radius 1 is 1.14 bits per heavy atom. The Kier molecular flexibility index (Phi) is 8.06. The zero-order valence-corrected chi connectivity index (χ0v) is 25.0. The highest BCUT2D eigenvalue weighted by Gasteiger charge is 2.33. The Labute approximate surface area is 258 Å². The molecular formula is C31H32ClFN6O5. The van der Waals surface area contributed by atoms with Crippen molar-refractivity contribution in [2.75, 3.05) is 44.9 Å². The highest BCUT2D eigenvalue weighted by Crippen LogP contribution is 2.30. The number of nitrogens with zero attached hydrogens (tertiary/aromatic N) is 6. The third-order valence-electron chi connectivity index (χ3n) is 8.34. The molecule has 2 atom stereocenters. The maximum Gasteiger partial charge on any atom is 0.356 e. The number of esters is 1. The van der Waals surface area contributed by atoms with E-state index in [2.05, 4.69) is 19.4 Å². The van der Waals surface area contributed by atoms with Gasteiger partial charge in [0.15, 0.2) is 11.3 Å². The number of hydrogen-bond acceptors (Lipinski definition) is 10. The van der Waals surface area contributed by atoms with Crippen LogP contribution in [0.25, 0.3) is 11.2 Å². The molecule has 0 amide bonds. The number of rotatable bonds is 8. The Balaban J connectivity index is 1.08. The SMILES string of the molecule is COC(=O)c1ccc2nc(CN3CCN4c5nc(OCc6ccc(Cl)cc6F)ccc5COC[C@@H]4C3)n(C[C@@H]3CCO3)c2n1. The van der Waals surface area contributed by atoms with Gasteiger partial charge < -0.3 is 28.4 Å². The van der Waals surface area contributed by atoms with Crippen molar-refractivity contribution in [1.82, 2.24) is 24.4 Å². The summed E-state index contributed by atoms with van der Waals surface area (Å²) in [5.41, 5.74) is 3.03. The largest absolute Gasteiger partial charge is 0.473 e. The maximum absolute atomic E-state index is 14.3. The number of methoxy groups -OCH3 is 1. The van der Waals surface area contributed by atoms with Crippen LogP contribution in [0, 0.1) is 5.82 Å². The molecule has 11 nitrogen and oxygen atoms in total. The molecule has 0 radical (unpaired) electrons. The predicted octanol–water partition coefficient (Wildman–Crippen LogP) is 3.99. The lowest BCUT2D eigenvalue weighted by Gasteiger charge is -2.41. The zero-order valence-electron chi connectivity index (χ0n) is 24.2. The van der Waals surface area contributed by atoms with Crippen molar-refractivity contribution in [3.05, 3.63) is 75.9 Å². The van der Waals surface area contributed by atoms with E-state index in [1.54, 1.807) is 24.3 Å². The summed E-state index contributed by atoms with van der Waals surface area (Å²) in [6, 6.07) is 11.8.